The summed E-state index contributed by atoms with van der Waals surface area (Å²) >= 11 is 0. The molecule has 0 unspecified atom stereocenters. The fraction of sp³-hybridized carbons (Fsp3) is 0.917. The van der Waals surface area contributed by atoms with Gasteiger partial charge < -0.3 is 10.6 Å². The van der Waals surface area contributed by atoms with E-state index in [0.717, 1.165) is 25.9 Å². The minimum absolute atomic E-state index is 0. The fourth-order valence-corrected chi connectivity index (χ4v) is 3.27. The van der Waals surface area contributed by atoms with Crippen LogP contribution in [0.1, 0.15) is 39.5 Å². The third kappa shape index (κ3) is 8.25. The van der Waals surface area contributed by atoms with Gasteiger partial charge in [0.15, 0.2) is 5.96 Å². The highest BCUT2D eigenvalue weighted by Gasteiger charge is 2.13. The maximum atomic E-state index is 11.6. The Labute approximate surface area is 139 Å². The standard InChI is InChI=1S/C12H26N4O2S.HI/c1-11(2)15-19(17,18)10-7-14-12(13)16-8-5-3-4-6-9-16;/h11,15H,3-10H2,1-2H3,(H2,13,14);1H. The zero-order chi connectivity index (χ0) is 14.3. The number of nitrogens with one attached hydrogen (secondary N) is 1. The van der Waals surface area contributed by atoms with Gasteiger partial charge in [0, 0.05) is 19.1 Å². The van der Waals surface area contributed by atoms with E-state index in [2.05, 4.69) is 14.6 Å². The largest absolute Gasteiger partial charge is 0.370 e. The molecule has 3 N–H and O–H groups in total. The molecule has 1 fully saturated rings. The van der Waals surface area contributed by atoms with Crippen molar-refractivity contribution in [2.45, 2.75) is 45.6 Å². The predicted octanol–water partition coefficient (Wildman–Crippen LogP) is 1.12. The molecule has 0 aromatic rings. The van der Waals surface area contributed by atoms with Gasteiger partial charge >= 0.3 is 0 Å². The first kappa shape index (κ1) is 19.9. The van der Waals surface area contributed by atoms with Crippen molar-refractivity contribution in [3.63, 3.8) is 0 Å². The van der Waals surface area contributed by atoms with Crippen LogP contribution in [-0.4, -0.2) is 50.7 Å². The van der Waals surface area contributed by atoms with E-state index in [1.807, 2.05) is 0 Å². The highest BCUT2D eigenvalue weighted by atomic mass is 127. The average molecular weight is 418 g/mol. The molecule has 0 amide bonds. The van der Waals surface area contributed by atoms with E-state index < -0.39 is 10.0 Å². The summed E-state index contributed by atoms with van der Waals surface area (Å²) in [6.45, 7) is 5.65. The lowest BCUT2D eigenvalue weighted by Crippen LogP contribution is -2.39. The van der Waals surface area contributed by atoms with E-state index in [-0.39, 0.29) is 42.3 Å². The van der Waals surface area contributed by atoms with Crippen molar-refractivity contribution >= 4 is 40.0 Å². The summed E-state index contributed by atoms with van der Waals surface area (Å²) in [7, 11) is -3.25. The Balaban J connectivity index is 0.00000361. The van der Waals surface area contributed by atoms with Crippen LogP contribution in [0.2, 0.25) is 0 Å². The number of sulfonamides is 1. The second-order valence-corrected chi connectivity index (χ2v) is 7.11. The van der Waals surface area contributed by atoms with E-state index in [0.29, 0.717) is 5.96 Å². The lowest BCUT2D eigenvalue weighted by Gasteiger charge is -2.21. The van der Waals surface area contributed by atoms with E-state index in [4.69, 9.17) is 5.73 Å². The van der Waals surface area contributed by atoms with Gasteiger partial charge in [-0.05, 0) is 26.7 Å². The molecule has 1 saturated heterocycles. The second kappa shape index (κ2) is 9.78. The number of guanidine groups is 1. The molecular weight excluding hydrogens is 391 g/mol. The van der Waals surface area contributed by atoms with Crippen molar-refractivity contribution in [3.8, 4) is 0 Å². The molecule has 0 spiro atoms. The monoisotopic (exact) mass is 418 g/mol. The number of nitrogens with two attached hydrogens (primary N) is 1. The smallest absolute Gasteiger partial charge is 0.213 e. The molecule has 1 aliphatic heterocycles. The molecule has 0 aromatic carbocycles. The van der Waals surface area contributed by atoms with E-state index in [9.17, 15) is 8.42 Å². The van der Waals surface area contributed by atoms with Crippen LogP contribution in [-0.2, 0) is 10.0 Å². The number of hydrogen-bond acceptors (Lipinski definition) is 3. The Kier molecular flexibility index (Phi) is 9.73. The van der Waals surface area contributed by atoms with Gasteiger partial charge in [-0.25, -0.2) is 13.1 Å². The van der Waals surface area contributed by atoms with Crippen LogP contribution in [0.5, 0.6) is 0 Å². The van der Waals surface area contributed by atoms with Gasteiger partial charge in [-0.1, -0.05) is 12.8 Å². The van der Waals surface area contributed by atoms with Crippen LogP contribution in [0.25, 0.3) is 0 Å². The summed E-state index contributed by atoms with van der Waals surface area (Å²) in [5.74, 6) is 0.460. The predicted molar refractivity (Wildman–Crippen MR) is 94.0 cm³/mol. The van der Waals surface area contributed by atoms with Gasteiger partial charge in [0.05, 0.1) is 12.3 Å². The minimum Gasteiger partial charge on any atom is -0.370 e. The Morgan fingerprint density at radius 3 is 2.30 bits per heavy atom. The Morgan fingerprint density at radius 2 is 1.80 bits per heavy atom. The number of nitrogens with zero attached hydrogens (tertiary/aromatic N) is 2. The molecule has 6 nitrogen and oxygen atoms in total. The van der Waals surface area contributed by atoms with Gasteiger partial charge in [-0.2, -0.15) is 0 Å². The molecule has 1 aliphatic rings. The van der Waals surface area contributed by atoms with Gasteiger partial charge in [-0.15, -0.1) is 24.0 Å². The molecule has 0 bridgehead atoms. The van der Waals surface area contributed by atoms with Crippen molar-refractivity contribution < 1.29 is 8.42 Å². The molecule has 1 heterocycles. The van der Waals surface area contributed by atoms with Crippen LogP contribution in [0.4, 0.5) is 0 Å². The first-order valence-corrected chi connectivity index (χ1v) is 8.61. The second-order valence-electron chi connectivity index (χ2n) is 5.23. The summed E-state index contributed by atoms with van der Waals surface area (Å²) in [5.41, 5.74) is 5.91. The number of likely N-dealkylation sites (tertiary alicyclic amines) is 1. The first-order valence-electron chi connectivity index (χ1n) is 6.95. The van der Waals surface area contributed by atoms with E-state index in [1.165, 1.54) is 12.8 Å². The molecule has 0 saturated carbocycles. The third-order valence-corrected chi connectivity index (χ3v) is 4.53. The third-order valence-electron chi connectivity index (χ3n) is 2.98. The van der Waals surface area contributed by atoms with Gasteiger partial charge in [0.2, 0.25) is 10.0 Å². The topological polar surface area (TPSA) is 87.8 Å². The molecule has 0 aromatic heterocycles. The lowest BCUT2D eigenvalue weighted by atomic mass is 10.2. The molecule has 8 heteroatoms. The number of rotatable bonds is 5. The van der Waals surface area contributed by atoms with Crippen molar-refractivity contribution in [1.29, 1.82) is 0 Å². The summed E-state index contributed by atoms with van der Waals surface area (Å²) in [4.78, 5) is 6.23. The van der Waals surface area contributed by atoms with Crippen molar-refractivity contribution in [2.24, 2.45) is 10.7 Å². The maximum absolute atomic E-state index is 11.6. The molecule has 0 aliphatic carbocycles. The first-order chi connectivity index (χ1) is 8.91. The molecular formula is C12H27IN4O2S. The zero-order valence-corrected chi connectivity index (χ0v) is 15.5. The lowest BCUT2D eigenvalue weighted by molar-refractivity contribution is 0.429. The molecule has 0 atom stereocenters. The van der Waals surface area contributed by atoms with Crippen LogP contribution in [0.15, 0.2) is 4.99 Å². The van der Waals surface area contributed by atoms with Crippen LogP contribution >= 0.6 is 24.0 Å². The molecule has 20 heavy (non-hydrogen) atoms. The molecule has 0 radical (unpaired) electrons. The Bertz CT molecular complexity index is 390. The number of hydrogen-bond donors (Lipinski definition) is 2. The number of aliphatic imine (C=N–C) groups is 1. The summed E-state index contributed by atoms with van der Waals surface area (Å²) < 4.78 is 25.8. The number of halogens is 1. The van der Waals surface area contributed by atoms with Gasteiger partial charge in [-0.3, -0.25) is 4.99 Å². The fourth-order valence-electron chi connectivity index (χ4n) is 2.10. The molecule has 1 rings (SSSR count). The van der Waals surface area contributed by atoms with Crippen molar-refractivity contribution in [3.05, 3.63) is 0 Å². The normalized spacial score (nSPS) is 17.8. The highest BCUT2D eigenvalue weighted by molar-refractivity contribution is 14.0. The van der Waals surface area contributed by atoms with Crippen LogP contribution in [0, 0.1) is 0 Å². The minimum atomic E-state index is -3.25. The zero-order valence-electron chi connectivity index (χ0n) is 12.3. The molecule has 120 valence electrons. The van der Waals surface area contributed by atoms with Gasteiger partial charge in [0.1, 0.15) is 0 Å². The summed E-state index contributed by atoms with van der Waals surface area (Å²) in [5, 5.41) is 0. The van der Waals surface area contributed by atoms with Crippen LogP contribution in [0.3, 0.4) is 0 Å². The van der Waals surface area contributed by atoms with Crippen molar-refractivity contribution in [1.82, 2.24) is 9.62 Å². The summed E-state index contributed by atoms with van der Waals surface area (Å²) in [6.07, 6.45) is 4.72. The van der Waals surface area contributed by atoms with Gasteiger partial charge in [0.25, 0.3) is 0 Å². The SMILES string of the molecule is CC(C)NS(=O)(=O)CCN=C(N)N1CCCCCC1.I. The van der Waals surface area contributed by atoms with Crippen LogP contribution < -0.4 is 10.5 Å². The van der Waals surface area contributed by atoms with Crippen molar-refractivity contribution in [2.75, 3.05) is 25.4 Å². The average Bonchev–Trinajstić information content (AvgIpc) is 2.55. The Hall–Kier alpha value is -0.0900. The highest BCUT2D eigenvalue weighted by Crippen LogP contribution is 2.08. The Morgan fingerprint density at radius 1 is 1.25 bits per heavy atom. The quantitative estimate of drug-likeness (QED) is 0.398. The summed E-state index contributed by atoms with van der Waals surface area (Å²) in [6, 6.07) is -0.0862. The van der Waals surface area contributed by atoms with E-state index in [1.54, 1.807) is 13.8 Å². The maximum Gasteiger partial charge on any atom is 0.213 e. The van der Waals surface area contributed by atoms with E-state index >= 15 is 0 Å².